The summed E-state index contributed by atoms with van der Waals surface area (Å²) in [5, 5.41) is 11.8. The van der Waals surface area contributed by atoms with E-state index in [-0.39, 0.29) is 0 Å². The first-order valence-electron chi connectivity index (χ1n) is 13.8. The molecule has 8 aromatic rings. The summed E-state index contributed by atoms with van der Waals surface area (Å²) in [6.45, 7) is 0. The molecule has 0 unspecified atom stereocenters. The molecule has 198 valence electrons. The summed E-state index contributed by atoms with van der Waals surface area (Å²) in [5.41, 5.74) is 6.75. The maximum Gasteiger partial charge on any atom is 0.187 e. The maximum atomic E-state index is 4.99. The van der Waals surface area contributed by atoms with E-state index in [1.807, 2.05) is 66.9 Å². The van der Waals surface area contributed by atoms with Crippen LogP contribution in [0.25, 0.3) is 67.5 Å². The minimum atomic E-state index is 0.671. The SMILES string of the molecule is c1ccc(-c2cccc(-c3nnc(-c4ccnc(-n5c6ccccc6c6ccccc65)c4)n3-c3ccccc3)n2)cc1. The van der Waals surface area contributed by atoms with Crippen LogP contribution in [0.2, 0.25) is 0 Å². The highest BCUT2D eigenvalue weighted by atomic mass is 15.3. The summed E-state index contributed by atoms with van der Waals surface area (Å²) in [7, 11) is 0. The Labute approximate surface area is 242 Å². The normalized spacial score (nSPS) is 11.3. The lowest BCUT2D eigenvalue weighted by Crippen LogP contribution is -2.03. The third-order valence-corrected chi connectivity index (χ3v) is 7.54. The van der Waals surface area contributed by atoms with Gasteiger partial charge in [0, 0.05) is 33.8 Å². The fourth-order valence-corrected chi connectivity index (χ4v) is 5.64. The summed E-state index contributed by atoms with van der Waals surface area (Å²) >= 11 is 0. The molecule has 6 heteroatoms. The van der Waals surface area contributed by atoms with Crippen molar-refractivity contribution in [2.45, 2.75) is 0 Å². The number of aromatic nitrogens is 6. The van der Waals surface area contributed by atoms with Crippen LogP contribution in [0.3, 0.4) is 0 Å². The third-order valence-electron chi connectivity index (χ3n) is 7.54. The van der Waals surface area contributed by atoms with Gasteiger partial charge < -0.3 is 0 Å². The predicted molar refractivity (Wildman–Crippen MR) is 168 cm³/mol. The molecule has 0 aliphatic carbocycles. The maximum absolute atomic E-state index is 4.99. The Bertz CT molecular complexity index is 2140. The lowest BCUT2D eigenvalue weighted by molar-refractivity contribution is 1.05. The van der Waals surface area contributed by atoms with Gasteiger partial charge in [0.05, 0.1) is 16.7 Å². The van der Waals surface area contributed by atoms with Crippen LogP contribution in [-0.4, -0.2) is 29.3 Å². The van der Waals surface area contributed by atoms with E-state index in [0.29, 0.717) is 11.6 Å². The number of para-hydroxylation sites is 3. The highest BCUT2D eigenvalue weighted by Crippen LogP contribution is 2.33. The van der Waals surface area contributed by atoms with Crippen LogP contribution in [0, 0.1) is 0 Å². The van der Waals surface area contributed by atoms with E-state index < -0.39 is 0 Å². The number of rotatable bonds is 5. The quantitative estimate of drug-likeness (QED) is 0.221. The standard InChI is InChI=1S/C36H24N6/c1-3-12-25(13-4-1)30-18-11-19-31(38-30)36-40-39-35(41(36)27-14-5-2-6-15-27)26-22-23-37-34(24-26)42-32-20-9-7-16-28(32)29-17-8-10-21-33(29)42/h1-24H. The van der Waals surface area contributed by atoms with Gasteiger partial charge in [0.1, 0.15) is 11.5 Å². The molecule has 4 heterocycles. The van der Waals surface area contributed by atoms with Crippen LogP contribution in [0.5, 0.6) is 0 Å². The van der Waals surface area contributed by atoms with Crippen LogP contribution in [-0.2, 0) is 0 Å². The molecule has 0 saturated heterocycles. The first-order valence-corrected chi connectivity index (χ1v) is 13.8. The van der Waals surface area contributed by atoms with Crippen LogP contribution in [0.4, 0.5) is 0 Å². The number of nitrogens with zero attached hydrogens (tertiary/aromatic N) is 6. The smallest absolute Gasteiger partial charge is 0.187 e. The molecule has 42 heavy (non-hydrogen) atoms. The van der Waals surface area contributed by atoms with Crippen molar-refractivity contribution < 1.29 is 0 Å². The molecule has 4 aromatic heterocycles. The van der Waals surface area contributed by atoms with Crippen molar-refractivity contribution in [3.8, 4) is 45.7 Å². The molecule has 0 aliphatic heterocycles. The van der Waals surface area contributed by atoms with Crippen molar-refractivity contribution >= 4 is 21.8 Å². The number of hydrogen-bond donors (Lipinski definition) is 0. The van der Waals surface area contributed by atoms with Crippen molar-refractivity contribution in [3.63, 3.8) is 0 Å². The molecule has 0 amide bonds. The minimum Gasteiger partial charge on any atom is -0.294 e. The zero-order valence-electron chi connectivity index (χ0n) is 22.5. The Morgan fingerprint density at radius 1 is 0.452 bits per heavy atom. The van der Waals surface area contributed by atoms with Gasteiger partial charge in [-0.3, -0.25) is 9.13 Å². The Hall–Kier alpha value is -5.88. The van der Waals surface area contributed by atoms with E-state index in [1.54, 1.807) is 0 Å². The van der Waals surface area contributed by atoms with Crippen LogP contribution in [0.15, 0.2) is 146 Å². The summed E-state index contributed by atoms with van der Waals surface area (Å²) in [6.07, 6.45) is 1.84. The Morgan fingerprint density at radius 2 is 1.07 bits per heavy atom. The van der Waals surface area contributed by atoms with Gasteiger partial charge in [-0.25, -0.2) is 9.97 Å². The summed E-state index contributed by atoms with van der Waals surface area (Å²) in [6, 6.07) is 47.3. The third kappa shape index (κ3) is 3.97. The zero-order valence-corrected chi connectivity index (χ0v) is 22.5. The van der Waals surface area contributed by atoms with E-state index in [9.17, 15) is 0 Å². The van der Waals surface area contributed by atoms with Gasteiger partial charge in [0.15, 0.2) is 11.6 Å². The molecule has 0 radical (unpaired) electrons. The summed E-state index contributed by atoms with van der Waals surface area (Å²) in [5.74, 6) is 2.20. The van der Waals surface area contributed by atoms with Crippen LogP contribution < -0.4 is 0 Å². The zero-order chi connectivity index (χ0) is 27.9. The Balaban J connectivity index is 1.32. The van der Waals surface area contributed by atoms with Gasteiger partial charge in [0.25, 0.3) is 0 Å². The summed E-state index contributed by atoms with van der Waals surface area (Å²) in [4.78, 5) is 9.81. The van der Waals surface area contributed by atoms with Gasteiger partial charge >= 0.3 is 0 Å². The molecule has 0 spiro atoms. The first-order chi connectivity index (χ1) is 20.8. The van der Waals surface area contributed by atoms with E-state index >= 15 is 0 Å². The minimum absolute atomic E-state index is 0.671. The van der Waals surface area contributed by atoms with E-state index in [1.165, 1.54) is 10.8 Å². The molecule has 4 aromatic carbocycles. The molecule has 0 aliphatic rings. The number of benzene rings is 4. The van der Waals surface area contributed by atoms with Gasteiger partial charge in [-0.1, -0.05) is 91.0 Å². The lowest BCUT2D eigenvalue weighted by Gasteiger charge is -2.12. The van der Waals surface area contributed by atoms with Gasteiger partial charge in [0.2, 0.25) is 0 Å². The van der Waals surface area contributed by atoms with Crippen molar-refractivity contribution in [3.05, 3.63) is 146 Å². The van der Waals surface area contributed by atoms with E-state index in [0.717, 1.165) is 45.1 Å². The second-order valence-corrected chi connectivity index (χ2v) is 10.1. The molecule has 0 saturated carbocycles. The second kappa shape index (κ2) is 9.94. The van der Waals surface area contributed by atoms with E-state index in [4.69, 9.17) is 15.1 Å². The van der Waals surface area contributed by atoms with Gasteiger partial charge in [-0.15, -0.1) is 10.2 Å². The number of pyridine rings is 2. The molecular formula is C36H24N6. The highest BCUT2D eigenvalue weighted by Gasteiger charge is 2.20. The average Bonchev–Trinajstić information content (AvgIpc) is 3.66. The molecule has 0 atom stereocenters. The van der Waals surface area contributed by atoms with Crippen LogP contribution in [0.1, 0.15) is 0 Å². The largest absolute Gasteiger partial charge is 0.294 e. The topological polar surface area (TPSA) is 61.4 Å². The average molecular weight is 541 g/mol. The molecule has 0 fully saturated rings. The lowest BCUT2D eigenvalue weighted by atomic mass is 10.1. The Kier molecular flexibility index (Phi) is 5.67. The van der Waals surface area contributed by atoms with Gasteiger partial charge in [-0.05, 0) is 48.5 Å². The molecule has 6 nitrogen and oxygen atoms in total. The van der Waals surface area contributed by atoms with Crippen LogP contribution >= 0.6 is 0 Å². The first kappa shape index (κ1) is 24.0. The van der Waals surface area contributed by atoms with Gasteiger partial charge in [-0.2, -0.15) is 0 Å². The van der Waals surface area contributed by atoms with Crippen molar-refractivity contribution in [1.29, 1.82) is 0 Å². The molecular weight excluding hydrogens is 516 g/mol. The Morgan fingerprint density at radius 3 is 1.81 bits per heavy atom. The molecule has 0 bridgehead atoms. The van der Waals surface area contributed by atoms with Crippen molar-refractivity contribution in [1.82, 2.24) is 29.3 Å². The molecule has 8 rings (SSSR count). The monoisotopic (exact) mass is 540 g/mol. The second-order valence-electron chi connectivity index (χ2n) is 10.1. The number of fused-ring (bicyclic) bond motifs is 3. The van der Waals surface area contributed by atoms with Crippen molar-refractivity contribution in [2.75, 3.05) is 0 Å². The fourth-order valence-electron chi connectivity index (χ4n) is 5.64. The fraction of sp³-hybridized carbons (Fsp3) is 0. The summed E-state index contributed by atoms with van der Waals surface area (Å²) < 4.78 is 4.28. The molecule has 0 N–H and O–H groups in total. The predicted octanol–water partition coefficient (Wildman–Crippen LogP) is 8.16. The van der Waals surface area contributed by atoms with Crippen molar-refractivity contribution in [2.24, 2.45) is 0 Å². The number of hydrogen-bond acceptors (Lipinski definition) is 4. The highest BCUT2D eigenvalue weighted by molar-refractivity contribution is 6.09. The van der Waals surface area contributed by atoms with E-state index in [2.05, 4.69) is 93.1 Å².